The van der Waals surface area contributed by atoms with Crippen molar-refractivity contribution >= 4 is 11.6 Å². The van der Waals surface area contributed by atoms with E-state index in [1.54, 1.807) is 13.8 Å². The van der Waals surface area contributed by atoms with E-state index >= 15 is 0 Å². The molecule has 0 atom stereocenters. The summed E-state index contributed by atoms with van der Waals surface area (Å²) in [4.78, 5) is 11.9. The maximum absolute atomic E-state index is 11.9. The number of nitrogens with two attached hydrogens (primary N) is 1. The molecule has 1 amide bonds. The van der Waals surface area contributed by atoms with E-state index < -0.39 is 5.54 Å². The standard InChI is InChI=1S/C14H22N2O/c1-13(2,3)10-8-6-7-9-11(10)16-12(17)14(4,5)15/h6-9H,15H2,1-5H3,(H,16,17). The van der Waals surface area contributed by atoms with E-state index in [1.165, 1.54) is 0 Å². The molecule has 3 heteroatoms. The van der Waals surface area contributed by atoms with Crippen LogP contribution >= 0.6 is 0 Å². The second-order valence-electron chi connectivity index (χ2n) is 5.97. The molecule has 0 aliphatic heterocycles. The minimum Gasteiger partial charge on any atom is -0.324 e. The number of carbonyl (C=O) groups excluding carboxylic acids is 1. The van der Waals surface area contributed by atoms with Gasteiger partial charge in [0.15, 0.2) is 0 Å². The van der Waals surface area contributed by atoms with Gasteiger partial charge < -0.3 is 11.1 Å². The first-order valence-electron chi connectivity index (χ1n) is 5.82. The van der Waals surface area contributed by atoms with E-state index in [9.17, 15) is 4.79 Å². The quantitative estimate of drug-likeness (QED) is 0.826. The summed E-state index contributed by atoms with van der Waals surface area (Å²) in [7, 11) is 0. The van der Waals surface area contributed by atoms with Crippen LogP contribution in [0.3, 0.4) is 0 Å². The lowest BCUT2D eigenvalue weighted by molar-refractivity contribution is -0.120. The number of benzene rings is 1. The van der Waals surface area contributed by atoms with Crippen molar-refractivity contribution in [1.82, 2.24) is 0 Å². The Bertz CT molecular complexity index is 411. The summed E-state index contributed by atoms with van der Waals surface area (Å²) < 4.78 is 0. The van der Waals surface area contributed by atoms with Crippen LogP contribution in [-0.2, 0) is 10.2 Å². The molecule has 0 saturated heterocycles. The van der Waals surface area contributed by atoms with Gasteiger partial charge in [-0.3, -0.25) is 4.79 Å². The predicted octanol–water partition coefficient (Wildman–Crippen LogP) is 2.66. The van der Waals surface area contributed by atoms with Gasteiger partial charge in [-0.1, -0.05) is 39.0 Å². The van der Waals surface area contributed by atoms with E-state index in [4.69, 9.17) is 5.73 Å². The molecule has 0 bridgehead atoms. The summed E-state index contributed by atoms with van der Waals surface area (Å²) >= 11 is 0. The molecule has 0 aromatic heterocycles. The summed E-state index contributed by atoms with van der Waals surface area (Å²) in [5.41, 5.74) is 6.84. The van der Waals surface area contributed by atoms with Crippen molar-refractivity contribution in [3.8, 4) is 0 Å². The van der Waals surface area contributed by atoms with Gasteiger partial charge in [-0.25, -0.2) is 0 Å². The van der Waals surface area contributed by atoms with E-state index in [1.807, 2.05) is 24.3 Å². The van der Waals surface area contributed by atoms with Gasteiger partial charge in [0.1, 0.15) is 0 Å². The zero-order chi connectivity index (χ0) is 13.3. The Kier molecular flexibility index (Phi) is 3.62. The Hall–Kier alpha value is -1.35. The summed E-state index contributed by atoms with van der Waals surface area (Å²) in [5.74, 6) is -0.172. The lowest BCUT2D eigenvalue weighted by Gasteiger charge is -2.25. The lowest BCUT2D eigenvalue weighted by Crippen LogP contribution is -2.45. The van der Waals surface area contributed by atoms with E-state index in [0.717, 1.165) is 11.3 Å². The van der Waals surface area contributed by atoms with Gasteiger partial charge in [0.2, 0.25) is 5.91 Å². The van der Waals surface area contributed by atoms with E-state index in [2.05, 4.69) is 26.1 Å². The Balaban J connectivity index is 3.04. The number of para-hydroxylation sites is 1. The predicted molar refractivity (Wildman–Crippen MR) is 72.0 cm³/mol. The number of hydrogen-bond acceptors (Lipinski definition) is 2. The lowest BCUT2D eigenvalue weighted by atomic mass is 9.85. The molecule has 0 fully saturated rings. The molecule has 3 N–H and O–H groups in total. The van der Waals surface area contributed by atoms with Crippen LogP contribution in [0.15, 0.2) is 24.3 Å². The van der Waals surface area contributed by atoms with E-state index in [0.29, 0.717) is 0 Å². The smallest absolute Gasteiger partial charge is 0.243 e. The summed E-state index contributed by atoms with van der Waals surface area (Å²) in [6.45, 7) is 9.74. The Morgan fingerprint density at radius 2 is 1.65 bits per heavy atom. The van der Waals surface area contributed by atoms with Crippen molar-refractivity contribution in [3.63, 3.8) is 0 Å². The van der Waals surface area contributed by atoms with Gasteiger partial charge in [0.25, 0.3) is 0 Å². The fraction of sp³-hybridized carbons (Fsp3) is 0.500. The highest BCUT2D eigenvalue weighted by molar-refractivity contribution is 5.98. The minimum absolute atomic E-state index is 0.0113. The number of rotatable bonds is 2. The van der Waals surface area contributed by atoms with E-state index in [-0.39, 0.29) is 11.3 Å². The van der Waals surface area contributed by atoms with Crippen molar-refractivity contribution in [1.29, 1.82) is 0 Å². The number of amides is 1. The van der Waals surface area contributed by atoms with Crippen LogP contribution in [-0.4, -0.2) is 11.4 Å². The van der Waals surface area contributed by atoms with Crippen LogP contribution in [0.5, 0.6) is 0 Å². The fourth-order valence-corrected chi connectivity index (χ4v) is 1.53. The third-order valence-corrected chi connectivity index (χ3v) is 2.57. The molecular weight excluding hydrogens is 212 g/mol. The molecule has 17 heavy (non-hydrogen) atoms. The molecule has 94 valence electrons. The second kappa shape index (κ2) is 4.49. The van der Waals surface area contributed by atoms with Crippen LogP contribution in [0.1, 0.15) is 40.2 Å². The van der Waals surface area contributed by atoms with Crippen molar-refractivity contribution in [3.05, 3.63) is 29.8 Å². The van der Waals surface area contributed by atoms with Crippen LogP contribution in [0.25, 0.3) is 0 Å². The van der Waals surface area contributed by atoms with Crippen molar-refractivity contribution in [2.24, 2.45) is 5.73 Å². The third-order valence-electron chi connectivity index (χ3n) is 2.57. The molecule has 0 radical (unpaired) electrons. The number of anilines is 1. The largest absolute Gasteiger partial charge is 0.324 e. The summed E-state index contributed by atoms with van der Waals surface area (Å²) in [6, 6.07) is 7.82. The Morgan fingerprint density at radius 1 is 1.12 bits per heavy atom. The molecule has 1 rings (SSSR count). The first-order chi connectivity index (χ1) is 7.62. The summed E-state index contributed by atoms with van der Waals surface area (Å²) in [6.07, 6.45) is 0. The maximum Gasteiger partial charge on any atom is 0.243 e. The molecule has 0 unspecified atom stereocenters. The number of carbonyl (C=O) groups is 1. The SMILES string of the molecule is CC(C)(N)C(=O)Nc1ccccc1C(C)(C)C. The van der Waals surface area contributed by atoms with Crippen LogP contribution < -0.4 is 11.1 Å². The zero-order valence-electron chi connectivity index (χ0n) is 11.3. The van der Waals surface area contributed by atoms with Crippen LogP contribution in [0.2, 0.25) is 0 Å². The molecule has 0 spiro atoms. The first kappa shape index (κ1) is 13.7. The summed E-state index contributed by atoms with van der Waals surface area (Å²) in [5, 5.41) is 2.89. The average molecular weight is 234 g/mol. The normalized spacial score (nSPS) is 12.4. The van der Waals surface area contributed by atoms with Gasteiger partial charge >= 0.3 is 0 Å². The maximum atomic E-state index is 11.9. The molecule has 0 aliphatic rings. The van der Waals surface area contributed by atoms with Gasteiger partial charge in [0, 0.05) is 5.69 Å². The molecule has 0 heterocycles. The molecular formula is C14H22N2O. The second-order valence-corrected chi connectivity index (χ2v) is 5.97. The molecule has 0 saturated carbocycles. The first-order valence-corrected chi connectivity index (χ1v) is 5.82. The van der Waals surface area contributed by atoms with Crippen LogP contribution in [0.4, 0.5) is 5.69 Å². The fourth-order valence-electron chi connectivity index (χ4n) is 1.53. The third kappa shape index (κ3) is 3.56. The Labute approximate surface area is 103 Å². The van der Waals surface area contributed by atoms with Crippen LogP contribution in [0, 0.1) is 0 Å². The highest BCUT2D eigenvalue weighted by atomic mass is 16.2. The molecule has 3 nitrogen and oxygen atoms in total. The van der Waals surface area contributed by atoms with Gasteiger partial charge in [0.05, 0.1) is 5.54 Å². The van der Waals surface area contributed by atoms with Gasteiger partial charge in [-0.2, -0.15) is 0 Å². The van der Waals surface area contributed by atoms with Crippen molar-refractivity contribution < 1.29 is 4.79 Å². The van der Waals surface area contributed by atoms with Gasteiger partial charge in [-0.15, -0.1) is 0 Å². The highest BCUT2D eigenvalue weighted by Gasteiger charge is 2.24. The Morgan fingerprint density at radius 3 is 2.12 bits per heavy atom. The minimum atomic E-state index is -0.870. The van der Waals surface area contributed by atoms with Gasteiger partial charge in [-0.05, 0) is 30.9 Å². The van der Waals surface area contributed by atoms with Crippen molar-refractivity contribution in [2.45, 2.75) is 45.6 Å². The molecule has 1 aromatic carbocycles. The van der Waals surface area contributed by atoms with Crippen molar-refractivity contribution in [2.75, 3.05) is 5.32 Å². The zero-order valence-corrected chi connectivity index (χ0v) is 11.3. The highest BCUT2D eigenvalue weighted by Crippen LogP contribution is 2.29. The number of hydrogen-bond donors (Lipinski definition) is 2. The molecule has 1 aromatic rings. The number of nitrogens with one attached hydrogen (secondary N) is 1. The topological polar surface area (TPSA) is 55.1 Å². The molecule has 0 aliphatic carbocycles. The average Bonchev–Trinajstić information content (AvgIpc) is 2.15. The monoisotopic (exact) mass is 234 g/mol.